The molecule has 0 radical (unpaired) electrons. The van der Waals surface area contributed by atoms with Crippen LogP contribution in [0.4, 0.5) is 5.69 Å². The molecule has 6 nitrogen and oxygen atoms in total. The van der Waals surface area contributed by atoms with Gasteiger partial charge < -0.3 is 20.9 Å². The number of carbonyl (C=O) groups excluding carboxylic acids is 2. The Labute approximate surface area is 184 Å². The number of halogens is 2. The van der Waals surface area contributed by atoms with E-state index >= 15 is 0 Å². The van der Waals surface area contributed by atoms with Gasteiger partial charge in [0.05, 0.1) is 0 Å². The lowest BCUT2D eigenvalue weighted by Crippen LogP contribution is -2.47. The van der Waals surface area contributed by atoms with Crippen LogP contribution in [0.15, 0.2) is 48.5 Å². The molecule has 3 N–H and O–H groups in total. The van der Waals surface area contributed by atoms with Crippen molar-refractivity contribution in [2.45, 2.75) is 13.0 Å². The first-order chi connectivity index (χ1) is 12.9. The second-order valence-electron chi connectivity index (χ2n) is 7.05. The molecule has 1 saturated heterocycles. The summed E-state index contributed by atoms with van der Waals surface area (Å²) >= 11 is 0. The van der Waals surface area contributed by atoms with E-state index in [4.69, 9.17) is 5.73 Å². The van der Waals surface area contributed by atoms with Crippen LogP contribution >= 0.6 is 24.8 Å². The maximum atomic E-state index is 12.6. The zero-order valence-corrected chi connectivity index (χ0v) is 18.3. The summed E-state index contributed by atoms with van der Waals surface area (Å²) in [7, 11) is 2.06. The summed E-state index contributed by atoms with van der Waals surface area (Å²) < 4.78 is 0. The molecule has 3 rings (SSSR count). The van der Waals surface area contributed by atoms with E-state index in [9.17, 15) is 9.59 Å². The predicted molar refractivity (Wildman–Crippen MR) is 121 cm³/mol. The van der Waals surface area contributed by atoms with Crippen LogP contribution in [0.1, 0.15) is 27.5 Å². The third-order valence-corrected chi connectivity index (χ3v) is 4.91. The summed E-state index contributed by atoms with van der Waals surface area (Å²) in [4.78, 5) is 29.0. The highest BCUT2D eigenvalue weighted by Crippen LogP contribution is 2.16. The summed E-state index contributed by atoms with van der Waals surface area (Å²) in [6.45, 7) is 5.23. The number of amides is 2. The van der Waals surface area contributed by atoms with Crippen LogP contribution in [0.2, 0.25) is 0 Å². The van der Waals surface area contributed by atoms with E-state index in [2.05, 4.69) is 17.3 Å². The number of aryl methyl sites for hydroxylation is 1. The Kier molecular flexibility index (Phi) is 9.59. The standard InChI is InChI=1S/C21H26N4O2.2ClH/c1-15-3-5-16(6-4-15)19(22)20(26)23-18-9-7-17(8-10-18)21(27)25-13-11-24(2)12-14-25;;/h3-10,19H,11-14,22H2,1-2H3,(H,23,26);2*1H. The quantitative estimate of drug-likeness (QED) is 0.768. The number of hydrogen-bond donors (Lipinski definition) is 2. The number of hydrogen-bond acceptors (Lipinski definition) is 4. The molecule has 1 atom stereocenters. The van der Waals surface area contributed by atoms with E-state index in [0.717, 1.165) is 37.3 Å². The Bertz CT molecular complexity index is 804. The number of nitrogens with one attached hydrogen (secondary N) is 1. The number of carbonyl (C=O) groups is 2. The van der Waals surface area contributed by atoms with Crippen molar-refractivity contribution in [2.24, 2.45) is 5.73 Å². The number of likely N-dealkylation sites (N-methyl/N-ethyl adjacent to an activating group) is 1. The minimum absolute atomic E-state index is 0. The van der Waals surface area contributed by atoms with E-state index in [1.165, 1.54) is 0 Å². The molecule has 1 aliphatic heterocycles. The molecular weight excluding hydrogens is 411 g/mol. The van der Waals surface area contributed by atoms with Gasteiger partial charge in [0.1, 0.15) is 6.04 Å². The molecule has 2 aromatic carbocycles. The Morgan fingerprint density at radius 3 is 2.03 bits per heavy atom. The fourth-order valence-electron chi connectivity index (χ4n) is 3.03. The molecule has 2 aromatic rings. The smallest absolute Gasteiger partial charge is 0.253 e. The number of nitrogens with two attached hydrogens (primary N) is 1. The fourth-order valence-corrected chi connectivity index (χ4v) is 3.03. The van der Waals surface area contributed by atoms with Gasteiger partial charge in [-0.25, -0.2) is 0 Å². The summed E-state index contributed by atoms with van der Waals surface area (Å²) in [5.74, 6) is -0.255. The molecule has 0 spiro atoms. The Morgan fingerprint density at radius 2 is 1.48 bits per heavy atom. The first kappa shape index (κ1) is 24.9. The summed E-state index contributed by atoms with van der Waals surface area (Å²) in [6.07, 6.45) is 0. The number of piperazine rings is 1. The normalized spacial score (nSPS) is 14.9. The van der Waals surface area contributed by atoms with Crippen molar-refractivity contribution < 1.29 is 9.59 Å². The maximum absolute atomic E-state index is 12.6. The molecule has 0 bridgehead atoms. The third kappa shape index (κ3) is 6.44. The van der Waals surface area contributed by atoms with Gasteiger partial charge in [0.25, 0.3) is 5.91 Å². The highest BCUT2D eigenvalue weighted by atomic mass is 35.5. The molecule has 158 valence electrons. The number of rotatable bonds is 4. The van der Waals surface area contributed by atoms with Gasteiger partial charge in [-0.05, 0) is 43.8 Å². The first-order valence-electron chi connectivity index (χ1n) is 9.15. The largest absolute Gasteiger partial charge is 0.336 e. The van der Waals surface area contributed by atoms with Crippen LogP contribution in [-0.2, 0) is 4.79 Å². The van der Waals surface area contributed by atoms with Gasteiger partial charge in [-0.1, -0.05) is 29.8 Å². The van der Waals surface area contributed by atoms with E-state index in [-0.39, 0.29) is 36.6 Å². The van der Waals surface area contributed by atoms with Gasteiger partial charge >= 0.3 is 0 Å². The van der Waals surface area contributed by atoms with Gasteiger partial charge in [-0.2, -0.15) is 0 Å². The average molecular weight is 439 g/mol. The van der Waals surface area contributed by atoms with Gasteiger partial charge in [-0.15, -0.1) is 24.8 Å². The number of anilines is 1. The van der Waals surface area contributed by atoms with Crippen LogP contribution < -0.4 is 11.1 Å². The van der Waals surface area contributed by atoms with Crippen LogP contribution in [0.25, 0.3) is 0 Å². The monoisotopic (exact) mass is 438 g/mol. The topological polar surface area (TPSA) is 78.7 Å². The molecule has 0 saturated carbocycles. The highest BCUT2D eigenvalue weighted by Gasteiger charge is 2.20. The summed E-state index contributed by atoms with van der Waals surface area (Å²) in [5, 5.41) is 2.81. The van der Waals surface area contributed by atoms with Gasteiger partial charge in [0.15, 0.2) is 0 Å². The SMILES string of the molecule is Cc1ccc(C(N)C(=O)Nc2ccc(C(=O)N3CCN(C)CC3)cc2)cc1.Cl.Cl. The molecule has 8 heteroatoms. The van der Waals surface area contributed by atoms with Crippen molar-refractivity contribution in [3.63, 3.8) is 0 Å². The van der Waals surface area contributed by atoms with Gasteiger partial charge in [0, 0.05) is 37.4 Å². The second kappa shape index (κ2) is 11.2. The minimum atomic E-state index is -0.739. The van der Waals surface area contributed by atoms with Crippen molar-refractivity contribution in [3.05, 3.63) is 65.2 Å². The minimum Gasteiger partial charge on any atom is -0.336 e. The Balaban J connectivity index is 0.00000210. The molecule has 1 unspecified atom stereocenters. The lowest BCUT2D eigenvalue weighted by molar-refractivity contribution is -0.117. The molecule has 29 heavy (non-hydrogen) atoms. The average Bonchev–Trinajstić information content (AvgIpc) is 2.68. The van der Waals surface area contributed by atoms with Crippen molar-refractivity contribution in [1.82, 2.24) is 9.80 Å². The zero-order chi connectivity index (χ0) is 19.4. The third-order valence-electron chi connectivity index (χ3n) is 4.91. The summed E-state index contributed by atoms with van der Waals surface area (Å²) in [5.41, 5.74) is 9.18. The van der Waals surface area contributed by atoms with Crippen molar-refractivity contribution in [3.8, 4) is 0 Å². The molecule has 1 heterocycles. The molecule has 0 aromatic heterocycles. The molecular formula is C21H28Cl2N4O2. The van der Waals surface area contributed by atoms with Crippen LogP contribution in [-0.4, -0.2) is 54.8 Å². The lowest BCUT2D eigenvalue weighted by Gasteiger charge is -2.32. The maximum Gasteiger partial charge on any atom is 0.253 e. The van der Waals surface area contributed by atoms with Gasteiger partial charge in [-0.3, -0.25) is 9.59 Å². The lowest BCUT2D eigenvalue weighted by atomic mass is 10.1. The van der Waals surface area contributed by atoms with Crippen molar-refractivity contribution in [2.75, 3.05) is 38.5 Å². The Morgan fingerprint density at radius 1 is 0.931 bits per heavy atom. The predicted octanol–water partition coefficient (Wildman–Crippen LogP) is 2.86. The fraction of sp³-hybridized carbons (Fsp3) is 0.333. The highest BCUT2D eigenvalue weighted by molar-refractivity contribution is 5.97. The Hall–Kier alpha value is -2.12. The van der Waals surface area contributed by atoms with E-state index in [1.54, 1.807) is 24.3 Å². The molecule has 2 amide bonds. The van der Waals surface area contributed by atoms with Crippen LogP contribution in [0.3, 0.4) is 0 Å². The number of nitrogens with zero attached hydrogens (tertiary/aromatic N) is 2. The van der Waals surface area contributed by atoms with Crippen molar-refractivity contribution >= 4 is 42.3 Å². The zero-order valence-electron chi connectivity index (χ0n) is 16.6. The second-order valence-corrected chi connectivity index (χ2v) is 7.05. The van der Waals surface area contributed by atoms with E-state index in [0.29, 0.717) is 11.3 Å². The van der Waals surface area contributed by atoms with E-state index in [1.807, 2.05) is 36.1 Å². The molecule has 1 fully saturated rings. The molecule has 0 aliphatic carbocycles. The van der Waals surface area contributed by atoms with Gasteiger partial charge in [0.2, 0.25) is 5.91 Å². The first-order valence-corrected chi connectivity index (χ1v) is 9.15. The molecule has 1 aliphatic rings. The van der Waals surface area contributed by atoms with E-state index < -0.39 is 6.04 Å². The summed E-state index contributed by atoms with van der Waals surface area (Å²) in [6, 6.07) is 13.8. The number of benzene rings is 2. The van der Waals surface area contributed by atoms with Crippen LogP contribution in [0, 0.1) is 6.92 Å². The van der Waals surface area contributed by atoms with Crippen LogP contribution in [0.5, 0.6) is 0 Å². The van der Waals surface area contributed by atoms with Crippen molar-refractivity contribution in [1.29, 1.82) is 0 Å².